The lowest BCUT2D eigenvalue weighted by molar-refractivity contribution is -0.116. The molecule has 5 heteroatoms. The van der Waals surface area contributed by atoms with Gasteiger partial charge in [0, 0.05) is 5.41 Å². The van der Waals surface area contributed by atoms with Crippen molar-refractivity contribution in [1.82, 2.24) is 5.32 Å². The number of benzene rings is 2. The highest BCUT2D eigenvalue weighted by Gasteiger charge is 2.63. The molecular weight excluding hydrogens is 321 g/mol. The summed E-state index contributed by atoms with van der Waals surface area (Å²) in [4.78, 5) is 23.4. The molecule has 2 aromatic carbocycles. The minimum absolute atomic E-state index is 0.289. The van der Waals surface area contributed by atoms with E-state index in [1.165, 1.54) is 12.1 Å². The Morgan fingerprint density at radius 2 is 1.76 bits per heavy atom. The number of hydrogen-bond acceptors (Lipinski definition) is 2. The van der Waals surface area contributed by atoms with Crippen LogP contribution in [-0.4, -0.2) is 17.5 Å². The van der Waals surface area contributed by atoms with Gasteiger partial charge < -0.3 is 15.2 Å². The zero-order valence-corrected chi connectivity index (χ0v) is 13.6. The van der Waals surface area contributed by atoms with E-state index in [0.29, 0.717) is 0 Å². The third-order valence-electron chi connectivity index (χ3n) is 5.75. The minimum Gasteiger partial charge on any atom is -0.465 e. The zero-order valence-electron chi connectivity index (χ0n) is 13.6. The van der Waals surface area contributed by atoms with Crippen molar-refractivity contribution in [1.29, 1.82) is 0 Å². The third kappa shape index (κ3) is 2.34. The van der Waals surface area contributed by atoms with Gasteiger partial charge in [-0.2, -0.15) is 0 Å². The number of nitrogens with one attached hydrogen (secondary N) is 1. The lowest BCUT2D eigenvalue weighted by Gasteiger charge is -2.42. The molecule has 0 aromatic heterocycles. The predicted octanol–water partition coefficient (Wildman–Crippen LogP) is 3.88. The van der Waals surface area contributed by atoms with E-state index < -0.39 is 11.6 Å². The summed E-state index contributed by atoms with van der Waals surface area (Å²) in [7, 11) is 0. The van der Waals surface area contributed by atoms with Crippen LogP contribution in [0.5, 0.6) is 0 Å². The van der Waals surface area contributed by atoms with Gasteiger partial charge in [-0.05, 0) is 60.1 Å². The lowest BCUT2D eigenvalue weighted by Crippen LogP contribution is -2.55. The maximum absolute atomic E-state index is 13.1. The highest BCUT2D eigenvalue weighted by Crippen LogP contribution is 2.63. The van der Waals surface area contributed by atoms with E-state index in [-0.39, 0.29) is 11.2 Å². The lowest BCUT2D eigenvalue weighted by atomic mass is 9.67. The van der Waals surface area contributed by atoms with Crippen LogP contribution in [0.4, 0.5) is 9.18 Å². The normalized spacial score (nSPS) is 22.9. The summed E-state index contributed by atoms with van der Waals surface area (Å²) in [6.07, 6.45) is 2.88. The Hall–Kier alpha value is -2.69. The molecule has 1 amide bonds. The fraction of sp³-hybridized carbons (Fsp3) is 0.300. The molecule has 0 aliphatic heterocycles. The van der Waals surface area contributed by atoms with E-state index in [4.69, 9.17) is 0 Å². The van der Waals surface area contributed by atoms with Crippen LogP contribution in [0.25, 0.3) is 11.1 Å². The van der Waals surface area contributed by atoms with Crippen LogP contribution >= 0.6 is 0 Å². The maximum atomic E-state index is 13.1. The van der Waals surface area contributed by atoms with Gasteiger partial charge >= 0.3 is 6.09 Å². The first-order valence-electron chi connectivity index (χ1n) is 8.36. The van der Waals surface area contributed by atoms with Crippen molar-refractivity contribution in [3.63, 3.8) is 0 Å². The summed E-state index contributed by atoms with van der Waals surface area (Å²) in [6.45, 7) is 0. The molecule has 2 aromatic rings. The van der Waals surface area contributed by atoms with Gasteiger partial charge in [0.05, 0.1) is 0 Å². The molecule has 0 saturated heterocycles. The van der Waals surface area contributed by atoms with E-state index in [1.807, 2.05) is 18.2 Å². The van der Waals surface area contributed by atoms with E-state index in [2.05, 4.69) is 5.32 Å². The van der Waals surface area contributed by atoms with Crippen molar-refractivity contribution in [3.05, 3.63) is 59.4 Å². The number of halogens is 1. The minimum atomic E-state index is -1.19. The fourth-order valence-corrected chi connectivity index (χ4v) is 4.25. The molecule has 4 nitrogen and oxygen atoms in total. The SMILES string of the molecule is O=C[C@@]1(NC(=O)O)c2ccc(-c3ccc(F)cc3)cc2CCC12CC2. The van der Waals surface area contributed by atoms with Crippen LogP contribution in [0.3, 0.4) is 0 Å². The molecule has 4 rings (SSSR count). The van der Waals surface area contributed by atoms with Crippen LogP contribution in [0.15, 0.2) is 42.5 Å². The Balaban J connectivity index is 1.82. The Bertz CT molecular complexity index is 858. The number of carbonyl (C=O) groups is 2. The van der Waals surface area contributed by atoms with Gasteiger partial charge in [-0.25, -0.2) is 9.18 Å². The molecule has 25 heavy (non-hydrogen) atoms. The first-order valence-corrected chi connectivity index (χ1v) is 8.36. The molecule has 0 unspecified atom stereocenters. The molecule has 1 spiro atoms. The summed E-state index contributed by atoms with van der Waals surface area (Å²) in [5, 5.41) is 11.8. The Labute approximate surface area is 144 Å². The van der Waals surface area contributed by atoms with Crippen molar-refractivity contribution < 1.29 is 19.1 Å². The Kier molecular flexibility index (Phi) is 3.42. The van der Waals surface area contributed by atoms with Crippen molar-refractivity contribution in [3.8, 4) is 11.1 Å². The Morgan fingerprint density at radius 3 is 2.36 bits per heavy atom. The van der Waals surface area contributed by atoms with E-state index in [9.17, 15) is 19.1 Å². The van der Waals surface area contributed by atoms with Gasteiger partial charge in [-0.1, -0.05) is 30.3 Å². The second-order valence-corrected chi connectivity index (χ2v) is 7.02. The summed E-state index contributed by atoms with van der Waals surface area (Å²) in [5.41, 5.74) is 2.07. The second kappa shape index (κ2) is 5.41. The number of fused-ring (bicyclic) bond motifs is 1. The number of aldehydes is 1. The number of hydrogen-bond donors (Lipinski definition) is 2. The van der Waals surface area contributed by atoms with Crippen LogP contribution in [-0.2, 0) is 16.8 Å². The highest BCUT2D eigenvalue weighted by molar-refractivity contribution is 5.81. The third-order valence-corrected chi connectivity index (χ3v) is 5.75. The van der Waals surface area contributed by atoms with Crippen LogP contribution < -0.4 is 5.32 Å². The molecule has 1 saturated carbocycles. The van der Waals surface area contributed by atoms with Crippen LogP contribution in [0, 0.1) is 11.2 Å². The standard InChI is InChI=1S/C20H18FNO3/c21-16-4-1-13(2-5-16)14-3-6-17-15(11-14)7-8-19(9-10-19)20(17,12-23)22-18(24)25/h1-6,11-12,22H,7-10H2,(H,24,25)/t20-/m1/s1. The number of amides is 1. The van der Waals surface area contributed by atoms with E-state index in [1.54, 1.807) is 12.1 Å². The number of carbonyl (C=O) groups excluding carboxylic acids is 1. The van der Waals surface area contributed by atoms with Gasteiger partial charge in [0.1, 0.15) is 11.4 Å². The Morgan fingerprint density at radius 1 is 1.08 bits per heavy atom. The number of aryl methyl sites for hydroxylation is 1. The molecule has 2 aliphatic rings. The highest BCUT2D eigenvalue weighted by atomic mass is 19.1. The van der Waals surface area contributed by atoms with Gasteiger partial charge in [-0.15, -0.1) is 0 Å². The smallest absolute Gasteiger partial charge is 0.405 e. The molecule has 0 radical (unpaired) electrons. The summed E-state index contributed by atoms with van der Waals surface area (Å²) in [6, 6.07) is 12.0. The zero-order chi connectivity index (χ0) is 17.7. The van der Waals surface area contributed by atoms with Crippen molar-refractivity contribution in [2.75, 3.05) is 0 Å². The van der Waals surface area contributed by atoms with Crippen molar-refractivity contribution in [2.24, 2.45) is 5.41 Å². The van der Waals surface area contributed by atoms with Crippen LogP contribution in [0.2, 0.25) is 0 Å². The van der Waals surface area contributed by atoms with E-state index in [0.717, 1.165) is 54.2 Å². The van der Waals surface area contributed by atoms with Gasteiger partial charge in [0.25, 0.3) is 0 Å². The number of carboxylic acid groups (broad SMARTS) is 1. The van der Waals surface area contributed by atoms with Crippen molar-refractivity contribution in [2.45, 2.75) is 31.2 Å². The molecule has 0 heterocycles. The first kappa shape index (κ1) is 15.8. The average Bonchev–Trinajstić information content (AvgIpc) is 3.39. The number of rotatable bonds is 3. The summed E-state index contributed by atoms with van der Waals surface area (Å²) < 4.78 is 13.1. The molecule has 2 N–H and O–H groups in total. The molecule has 2 aliphatic carbocycles. The molecule has 0 bridgehead atoms. The molecule has 1 atom stereocenters. The molecule has 1 fully saturated rings. The maximum Gasteiger partial charge on any atom is 0.405 e. The fourth-order valence-electron chi connectivity index (χ4n) is 4.25. The largest absolute Gasteiger partial charge is 0.465 e. The van der Waals surface area contributed by atoms with Crippen LogP contribution in [0.1, 0.15) is 30.4 Å². The van der Waals surface area contributed by atoms with Gasteiger partial charge in [-0.3, -0.25) is 0 Å². The molecular formula is C20H18FNO3. The molecule has 128 valence electrons. The topological polar surface area (TPSA) is 66.4 Å². The first-order chi connectivity index (χ1) is 12.0. The average molecular weight is 339 g/mol. The van der Waals surface area contributed by atoms with Gasteiger partial charge in [0.15, 0.2) is 6.29 Å². The van der Waals surface area contributed by atoms with Gasteiger partial charge in [0.2, 0.25) is 0 Å². The second-order valence-electron chi connectivity index (χ2n) is 7.02. The predicted molar refractivity (Wildman–Crippen MR) is 90.7 cm³/mol. The quantitative estimate of drug-likeness (QED) is 0.834. The van der Waals surface area contributed by atoms with E-state index >= 15 is 0 Å². The van der Waals surface area contributed by atoms with Crippen molar-refractivity contribution >= 4 is 12.4 Å². The monoisotopic (exact) mass is 339 g/mol. The summed E-state index contributed by atoms with van der Waals surface area (Å²) >= 11 is 0. The summed E-state index contributed by atoms with van der Waals surface area (Å²) in [5.74, 6) is -0.289.